The van der Waals surface area contributed by atoms with Crippen LogP contribution in [0.25, 0.3) is 11.1 Å². The molecule has 122 valence electrons. The number of alkyl halides is 3. The molecule has 0 atom stereocenters. The molecule has 0 aliphatic carbocycles. The van der Waals surface area contributed by atoms with E-state index in [0.29, 0.717) is 17.5 Å². The Morgan fingerprint density at radius 2 is 1.61 bits per heavy atom. The fourth-order valence-corrected chi connectivity index (χ4v) is 3.11. The van der Waals surface area contributed by atoms with E-state index in [1.807, 2.05) is 19.9 Å². The van der Waals surface area contributed by atoms with Crippen LogP contribution in [-0.4, -0.2) is 11.5 Å². The predicted octanol–water partition coefficient (Wildman–Crippen LogP) is 6.08. The van der Waals surface area contributed by atoms with Crippen molar-refractivity contribution >= 4 is 17.5 Å². The van der Waals surface area contributed by atoms with Gasteiger partial charge in [-0.2, -0.15) is 13.2 Å². The molecule has 0 heterocycles. The number of thioether (sulfide) groups is 1. The smallest absolute Gasteiger partial charge is 0.294 e. The molecule has 0 saturated heterocycles. The van der Waals surface area contributed by atoms with Gasteiger partial charge in [-0.3, -0.25) is 4.79 Å². The van der Waals surface area contributed by atoms with Crippen LogP contribution in [0.5, 0.6) is 0 Å². The summed E-state index contributed by atoms with van der Waals surface area (Å²) in [6.45, 7) is 3.81. The van der Waals surface area contributed by atoms with E-state index in [1.54, 1.807) is 23.9 Å². The summed E-state index contributed by atoms with van der Waals surface area (Å²) in [7, 11) is 0. The number of hydrogen-bond donors (Lipinski definition) is 0. The highest BCUT2D eigenvalue weighted by molar-refractivity contribution is 7.99. The molecule has 0 saturated carbocycles. The molecule has 0 aliphatic heterocycles. The van der Waals surface area contributed by atoms with Gasteiger partial charge in [-0.05, 0) is 41.1 Å². The lowest BCUT2D eigenvalue weighted by molar-refractivity contribution is -0.137. The van der Waals surface area contributed by atoms with Crippen molar-refractivity contribution in [2.45, 2.75) is 31.3 Å². The summed E-state index contributed by atoms with van der Waals surface area (Å²) >= 11 is 1.56. The van der Waals surface area contributed by atoms with Gasteiger partial charge in [-0.15, -0.1) is 11.8 Å². The molecule has 0 amide bonds. The Labute approximate surface area is 137 Å². The minimum absolute atomic E-state index is 0.0694. The van der Waals surface area contributed by atoms with E-state index in [-0.39, 0.29) is 5.78 Å². The normalized spacial score (nSPS) is 11.5. The standard InChI is InChI=1S/C18H17F3OS/c1-3-16(22)15-10-7-13(11-17(15)23-4-2)12-5-8-14(9-6-12)18(19,20)21/h5-11H,3-4H2,1-2H3. The van der Waals surface area contributed by atoms with Gasteiger partial charge in [0.2, 0.25) is 0 Å². The number of hydrogen-bond acceptors (Lipinski definition) is 2. The molecule has 0 bridgehead atoms. The molecule has 1 nitrogen and oxygen atoms in total. The summed E-state index contributed by atoms with van der Waals surface area (Å²) in [6, 6.07) is 10.5. The first-order valence-corrected chi connectivity index (χ1v) is 8.33. The van der Waals surface area contributed by atoms with Crippen LogP contribution in [0.2, 0.25) is 0 Å². The van der Waals surface area contributed by atoms with Crippen LogP contribution in [0.3, 0.4) is 0 Å². The third-order valence-corrected chi connectivity index (χ3v) is 4.39. The number of benzene rings is 2. The Kier molecular flexibility index (Phi) is 5.52. The summed E-state index contributed by atoms with van der Waals surface area (Å²) in [4.78, 5) is 12.8. The molecule has 0 N–H and O–H groups in total. The maximum atomic E-state index is 12.6. The van der Waals surface area contributed by atoms with Gasteiger partial charge in [-0.25, -0.2) is 0 Å². The van der Waals surface area contributed by atoms with Crippen LogP contribution in [0.15, 0.2) is 47.4 Å². The average molecular weight is 338 g/mol. The Balaban J connectivity index is 2.40. The zero-order chi connectivity index (χ0) is 17.0. The molecule has 0 aliphatic rings. The first-order chi connectivity index (χ1) is 10.9. The molecule has 0 spiro atoms. The minimum atomic E-state index is -4.33. The highest BCUT2D eigenvalue weighted by Gasteiger charge is 2.30. The van der Waals surface area contributed by atoms with Crippen LogP contribution < -0.4 is 0 Å². The second kappa shape index (κ2) is 7.21. The monoisotopic (exact) mass is 338 g/mol. The first-order valence-electron chi connectivity index (χ1n) is 7.34. The van der Waals surface area contributed by atoms with Crippen LogP contribution in [-0.2, 0) is 6.18 Å². The quantitative estimate of drug-likeness (QED) is 0.485. The van der Waals surface area contributed by atoms with Crippen molar-refractivity contribution in [1.82, 2.24) is 0 Å². The fraction of sp³-hybridized carbons (Fsp3) is 0.278. The maximum absolute atomic E-state index is 12.6. The number of carbonyl (C=O) groups is 1. The van der Waals surface area contributed by atoms with Crippen molar-refractivity contribution in [1.29, 1.82) is 0 Å². The molecule has 2 rings (SSSR count). The summed E-state index contributed by atoms with van der Waals surface area (Å²) in [5.74, 6) is 0.889. The zero-order valence-electron chi connectivity index (χ0n) is 12.9. The predicted molar refractivity (Wildman–Crippen MR) is 87.9 cm³/mol. The van der Waals surface area contributed by atoms with E-state index in [0.717, 1.165) is 28.3 Å². The second-order valence-corrected chi connectivity index (χ2v) is 6.30. The Morgan fingerprint density at radius 1 is 1.00 bits per heavy atom. The number of rotatable bonds is 5. The van der Waals surface area contributed by atoms with Crippen LogP contribution in [0.4, 0.5) is 13.2 Å². The van der Waals surface area contributed by atoms with Gasteiger partial charge >= 0.3 is 6.18 Å². The number of ketones is 1. The van der Waals surface area contributed by atoms with Crippen LogP contribution in [0, 0.1) is 0 Å². The lowest BCUT2D eigenvalue weighted by Crippen LogP contribution is -2.04. The number of halogens is 3. The van der Waals surface area contributed by atoms with Crippen molar-refractivity contribution < 1.29 is 18.0 Å². The molecule has 0 fully saturated rings. The third kappa shape index (κ3) is 4.16. The Morgan fingerprint density at radius 3 is 2.13 bits per heavy atom. The minimum Gasteiger partial charge on any atom is -0.294 e. The maximum Gasteiger partial charge on any atom is 0.416 e. The highest BCUT2D eigenvalue weighted by Crippen LogP contribution is 2.33. The molecule has 23 heavy (non-hydrogen) atoms. The average Bonchev–Trinajstić information content (AvgIpc) is 2.54. The van der Waals surface area contributed by atoms with Gasteiger partial charge in [0, 0.05) is 16.9 Å². The second-order valence-electron chi connectivity index (χ2n) is 5.00. The molecule has 0 radical (unpaired) electrons. The molecular weight excluding hydrogens is 321 g/mol. The fourth-order valence-electron chi connectivity index (χ4n) is 2.25. The third-order valence-electron chi connectivity index (χ3n) is 3.45. The van der Waals surface area contributed by atoms with Gasteiger partial charge in [0.1, 0.15) is 0 Å². The van der Waals surface area contributed by atoms with Crippen molar-refractivity contribution in [3.63, 3.8) is 0 Å². The van der Waals surface area contributed by atoms with Crippen molar-refractivity contribution in [3.05, 3.63) is 53.6 Å². The van der Waals surface area contributed by atoms with Crippen LogP contribution in [0.1, 0.15) is 36.2 Å². The van der Waals surface area contributed by atoms with Crippen LogP contribution >= 0.6 is 11.8 Å². The first kappa shape index (κ1) is 17.6. The van der Waals surface area contributed by atoms with Gasteiger partial charge in [0.15, 0.2) is 5.78 Å². The van der Waals surface area contributed by atoms with Gasteiger partial charge < -0.3 is 0 Å². The SMILES string of the molecule is CCSc1cc(-c2ccc(C(F)(F)F)cc2)ccc1C(=O)CC. The molecule has 5 heteroatoms. The molecule has 0 unspecified atom stereocenters. The lowest BCUT2D eigenvalue weighted by Gasteiger charge is -2.11. The van der Waals surface area contributed by atoms with Gasteiger partial charge in [-0.1, -0.05) is 32.0 Å². The summed E-state index contributed by atoms with van der Waals surface area (Å²) in [6.07, 6.45) is -3.91. The summed E-state index contributed by atoms with van der Waals surface area (Å²) in [5.41, 5.74) is 1.52. The topological polar surface area (TPSA) is 17.1 Å². The Bertz CT molecular complexity index is 690. The highest BCUT2D eigenvalue weighted by atomic mass is 32.2. The molecule has 0 aromatic heterocycles. The van der Waals surface area contributed by atoms with Crippen molar-refractivity contribution in [2.24, 2.45) is 0 Å². The summed E-state index contributed by atoms with van der Waals surface area (Å²) in [5, 5.41) is 0. The lowest BCUT2D eigenvalue weighted by atomic mass is 10.0. The molecule has 2 aromatic rings. The van der Waals surface area contributed by atoms with E-state index in [9.17, 15) is 18.0 Å². The number of carbonyl (C=O) groups excluding carboxylic acids is 1. The van der Waals surface area contributed by atoms with Crippen molar-refractivity contribution in [2.75, 3.05) is 5.75 Å². The van der Waals surface area contributed by atoms with E-state index < -0.39 is 11.7 Å². The van der Waals surface area contributed by atoms with E-state index >= 15 is 0 Å². The zero-order valence-corrected chi connectivity index (χ0v) is 13.7. The van der Waals surface area contributed by atoms with Gasteiger partial charge in [0.25, 0.3) is 0 Å². The van der Waals surface area contributed by atoms with Crippen molar-refractivity contribution in [3.8, 4) is 11.1 Å². The molecule has 2 aromatic carbocycles. The molecular formula is C18H17F3OS. The van der Waals surface area contributed by atoms with Gasteiger partial charge in [0.05, 0.1) is 5.56 Å². The summed E-state index contributed by atoms with van der Waals surface area (Å²) < 4.78 is 37.9. The van der Waals surface area contributed by atoms with E-state index in [1.165, 1.54) is 12.1 Å². The van der Waals surface area contributed by atoms with E-state index in [4.69, 9.17) is 0 Å². The largest absolute Gasteiger partial charge is 0.416 e. The van der Waals surface area contributed by atoms with E-state index in [2.05, 4.69) is 0 Å². The number of Topliss-reactive ketones (excluding diaryl/α,β-unsaturated/α-hetero) is 1. The Hall–Kier alpha value is -1.75.